The van der Waals surface area contributed by atoms with E-state index in [1.165, 1.54) is 0 Å². The third-order valence-electron chi connectivity index (χ3n) is 19.9. The van der Waals surface area contributed by atoms with Gasteiger partial charge < -0.3 is 0 Å². The van der Waals surface area contributed by atoms with E-state index in [1.807, 2.05) is 30.3 Å². The average molecular weight is 1280 g/mol. The van der Waals surface area contributed by atoms with E-state index in [2.05, 4.69) is 82.3 Å². The Balaban J connectivity index is 1.16. The zero-order chi connectivity index (χ0) is 65.9. The van der Waals surface area contributed by atoms with Crippen LogP contribution < -0.4 is 0 Å². The van der Waals surface area contributed by atoms with Crippen LogP contribution in [0.25, 0.3) is 66.8 Å². The van der Waals surface area contributed by atoms with Gasteiger partial charge in [-0.05, 0) is 181 Å². The largest absolute Gasteiger partial charge is 0.416 e. The van der Waals surface area contributed by atoms with E-state index < -0.39 is 57.8 Å². The second-order valence-electron chi connectivity index (χ2n) is 26.4. The van der Waals surface area contributed by atoms with Crippen LogP contribution in [0.1, 0.15) is 252 Å². The van der Waals surface area contributed by atoms with Gasteiger partial charge in [0.05, 0.1) is 22.3 Å². The molecule has 12 heteroatoms. The zero-order valence-corrected chi connectivity index (χ0v) is 54.0. The van der Waals surface area contributed by atoms with Gasteiger partial charge in [-0.1, -0.05) is 249 Å². The van der Waals surface area contributed by atoms with Crippen LogP contribution in [0.15, 0.2) is 133 Å². The van der Waals surface area contributed by atoms with Gasteiger partial charge in [0.25, 0.3) is 0 Å². The lowest BCUT2D eigenvalue weighted by Crippen LogP contribution is -2.25. The highest BCUT2D eigenvalue weighted by molar-refractivity contribution is 5.89. The second kappa shape index (κ2) is 30.4. The van der Waals surface area contributed by atoms with E-state index in [1.54, 1.807) is 12.1 Å². The molecular weight excluding hydrogens is 1190 g/mol. The molecule has 0 fully saturated rings. The quantitative estimate of drug-likeness (QED) is 0.0291. The monoisotopic (exact) mass is 1280 g/mol. The minimum atomic E-state index is -5.00. The first-order valence-corrected chi connectivity index (χ1v) is 34.2. The van der Waals surface area contributed by atoms with Crippen molar-refractivity contribution in [2.24, 2.45) is 0 Å². The van der Waals surface area contributed by atoms with Crippen molar-refractivity contribution in [2.45, 2.75) is 243 Å². The van der Waals surface area contributed by atoms with Crippen LogP contribution in [0.2, 0.25) is 0 Å². The maximum atomic E-state index is 14.4. The fraction of sp³-hybridized carbons (Fsp3) is 0.475. The van der Waals surface area contributed by atoms with Crippen molar-refractivity contribution in [1.82, 2.24) is 0 Å². The summed E-state index contributed by atoms with van der Waals surface area (Å²) in [6.45, 7) is 8.71. The van der Waals surface area contributed by atoms with Crippen molar-refractivity contribution in [3.05, 3.63) is 178 Å². The van der Waals surface area contributed by atoms with Gasteiger partial charge in [0.1, 0.15) is 0 Å². The van der Waals surface area contributed by atoms with Gasteiger partial charge in [0, 0.05) is 10.8 Å². The standard InChI is InChI=1S/C80H90F12/c1-5-9-13-17-21-25-40-75(41-26-22-18-14-10-6-2)71-49-57(32-36-67(71)69-38-34-59(51-73(69)75)61-45-63(77(81,82)83)53-64(46-61)78(84,85)86)55-30-29-31-56(44-55)58-33-37-68-70-39-35-60(62-47-65(79(87,88)89)54-66(48-62)80(90,91)92)52-74(70)76(72(68)50-58,42-27-23-19-15-11-7-3)43-28-24-20-16-12-8-4/h29-39,44-54H,5-28,40-43H2,1-4H3. The molecule has 0 atom stereocenters. The molecule has 0 spiro atoms. The molecule has 2 aliphatic carbocycles. The van der Waals surface area contributed by atoms with Crippen LogP contribution in [0.4, 0.5) is 52.7 Å². The minimum absolute atomic E-state index is 0.142. The number of hydrogen-bond donors (Lipinski definition) is 0. The summed E-state index contributed by atoms with van der Waals surface area (Å²) in [6, 6.07) is 36.0. The van der Waals surface area contributed by atoms with Crippen molar-refractivity contribution in [3.63, 3.8) is 0 Å². The first-order chi connectivity index (χ1) is 43.9. The molecule has 0 radical (unpaired) electrons. The average Bonchev–Trinajstić information content (AvgIpc) is 1.57. The minimum Gasteiger partial charge on any atom is -0.166 e. The van der Waals surface area contributed by atoms with Crippen molar-refractivity contribution in [2.75, 3.05) is 0 Å². The van der Waals surface area contributed by atoms with Crippen LogP contribution in [-0.4, -0.2) is 0 Å². The Morgan fingerprint density at radius 3 is 0.685 bits per heavy atom. The highest BCUT2D eigenvalue weighted by atomic mass is 19.4. The van der Waals surface area contributed by atoms with Crippen LogP contribution >= 0.6 is 0 Å². The van der Waals surface area contributed by atoms with E-state index >= 15 is 0 Å². The summed E-state index contributed by atoms with van der Waals surface area (Å²) < 4.78 is 173. The van der Waals surface area contributed by atoms with Crippen molar-refractivity contribution >= 4 is 0 Å². The van der Waals surface area contributed by atoms with Gasteiger partial charge in [0.15, 0.2) is 0 Å². The summed E-state index contributed by atoms with van der Waals surface area (Å²) in [5.41, 5.74) is 5.51. The Morgan fingerprint density at radius 1 is 0.228 bits per heavy atom. The molecule has 7 aromatic carbocycles. The lowest BCUT2D eigenvalue weighted by Gasteiger charge is -2.33. The molecule has 0 N–H and O–H groups in total. The van der Waals surface area contributed by atoms with Gasteiger partial charge >= 0.3 is 24.7 Å². The fourth-order valence-corrected chi connectivity index (χ4v) is 15.0. The fourth-order valence-electron chi connectivity index (χ4n) is 15.0. The maximum Gasteiger partial charge on any atom is 0.416 e. The Bertz CT molecular complexity index is 3250. The normalized spacial score (nSPS) is 14.2. The first-order valence-electron chi connectivity index (χ1n) is 34.2. The summed E-state index contributed by atoms with van der Waals surface area (Å²) in [5.74, 6) is 0. The molecule has 0 heterocycles. The van der Waals surface area contributed by atoms with Crippen molar-refractivity contribution < 1.29 is 52.7 Å². The molecule has 494 valence electrons. The molecule has 0 saturated heterocycles. The van der Waals surface area contributed by atoms with Gasteiger partial charge in [-0.3, -0.25) is 0 Å². The van der Waals surface area contributed by atoms with Crippen LogP contribution in [0, 0.1) is 0 Å². The summed E-state index contributed by atoms with van der Waals surface area (Å²) in [7, 11) is 0. The van der Waals surface area contributed by atoms with Crippen molar-refractivity contribution in [3.8, 4) is 66.8 Å². The Labute approximate surface area is 538 Å². The third kappa shape index (κ3) is 16.2. The maximum absolute atomic E-state index is 14.4. The number of fused-ring (bicyclic) bond motifs is 6. The summed E-state index contributed by atoms with van der Waals surface area (Å²) in [4.78, 5) is 0. The van der Waals surface area contributed by atoms with E-state index in [9.17, 15) is 52.7 Å². The predicted octanol–water partition coefficient (Wildman–Crippen LogP) is 28.0. The van der Waals surface area contributed by atoms with Crippen molar-refractivity contribution in [1.29, 1.82) is 0 Å². The van der Waals surface area contributed by atoms with Gasteiger partial charge in [-0.15, -0.1) is 0 Å². The molecule has 0 amide bonds. The molecule has 0 aliphatic heterocycles. The van der Waals surface area contributed by atoms with E-state index in [4.69, 9.17) is 0 Å². The predicted molar refractivity (Wildman–Crippen MR) is 353 cm³/mol. The van der Waals surface area contributed by atoms with Gasteiger partial charge in [0.2, 0.25) is 0 Å². The molecule has 0 bridgehead atoms. The summed E-state index contributed by atoms with van der Waals surface area (Å²) >= 11 is 0. The molecular formula is C80H90F12. The lowest BCUT2D eigenvalue weighted by atomic mass is 9.69. The highest BCUT2D eigenvalue weighted by Crippen LogP contribution is 2.58. The lowest BCUT2D eigenvalue weighted by molar-refractivity contribution is -0.144. The van der Waals surface area contributed by atoms with Crippen LogP contribution in [0.5, 0.6) is 0 Å². The Kier molecular flexibility index (Phi) is 23.1. The molecule has 0 unspecified atom stereocenters. The van der Waals surface area contributed by atoms with E-state index in [0.717, 1.165) is 271 Å². The molecule has 0 saturated carbocycles. The summed E-state index contributed by atoms with van der Waals surface area (Å²) in [6.07, 6.45) is 7.99. The van der Waals surface area contributed by atoms with Crippen LogP contribution in [-0.2, 0) is 35.5 Å². The Hall–Kier alpha value is -6.30. The number of hydrogen-bond acceptors (Lipinski definition) is 0. The Morgan fingerprint density at radius 2 is 0.446 bits per heavy atom. The molecule has 2 aliphatic rings. The third-order valence-corrected chi connectivity index (χ3v) is 19.9. The zero-order valence-electron chi connectivity index (χ0n) is 54.0. The smallest absolute Gasteiger partial charge is 0.166 e. The first kappa shape index (κ1) is 70.0. The molecule has 92 heavy (non-hydrogen) atoms. The molecule has 9 rings (SSSR count). The van der Waals surface area contributed by atoms with Gasteiger partial charge in [-0.25, -0.2) is 0 Å². The van der Waals surface area contributed by atoms with E-state index in [0.29, 0.717) is 11.1 Å². The topological polar surface area (TPSA) is 0 Å². The number of unbranched alkanes of at least 4 members (excludes halogenated alkanes) is 20. The second-order valence-corrected chi connectivity index (χ2v) is 26.4. The molecule has 0 aromatic heterocycles. The number of alkyl halides is 12. The van der Waals surface area contributed by atoms with Crippen LogP contribution in [0.3, 0.4) is 0 Å². The number of halogens is 12. The van der Waals surface area contributed by atoms with E-state index in [-0.39, 0.29) is 23.3 Å². The molecule has 7 aromatic rings. The highest BCUT2D eigenvalue weighted by Gasteiger charge is 2.46. The molecule has 0 nitrogen and oxygen atoms in total. The summed E-state index contributed by atoms with van der Waals surface area (Å²) in [5, 5.41) is 0. The number of benzene rings is 7. The SMILES string of the molecule is CCCCCCCCC1(CCCCCCCC)c2cc(-c3cccc(-c4ccc5c(c4)C(CCCCCCCC)(CCCCCCCC)c4cc(-c6cc(C(F)(F)F)cc(C(F)(F)F)c6)ccc4-5)c3)ccc2-c2ccc(-c3cc(C(F)(F)F)cc(C(F)(F)F)c3)cc21. The van der Waals surface area contributed by atoms with Gasteiger partial charge in [-0.2, -0.15) is 52.7 Å². The number of rotatable bonds is 32.